The van der Waals surface area contributed by atoms with E-state index in [1.54, 1.807) is 30.3 Å². The highest BCUT2D eigenvalue weighted by molar-refractivity contribution is 6.33. The van der Waals surface area contributed by atoms with E-state index in [9.17, 15) is 9.90 Å². The molecule has 0 aliphatic rings. The number of methoxy groups -OCH3 is 1. The number of hydrogen-bond donors (Lipinski definition) is 2. The molecule has 0 aromatic heterocycles. The van der Waals surface area contributed by atoms with Gasteiger partial charge in [0.25, 0.3) is 5.91 Å². The summed E-state index contributed by atoms with van der Waals surface area (Å²) in [6.45, 7) is 0. The lowest BCUT2D eigenvalue weighted by atomic mass is 10.2. The van der Waals surface area contributed by atoms with Crippen LogP contribution < -0.4 is 10.2 Å². The number of benzene rings is 2. The second kappa shape index (κ2) is 6.76. The first-order valence-corrected chi connectivity index (χ1v) is 6.44. The Morgan fingerprint density at radius 1 is 1.33 bits per heavy atom. The molecule has 2 aromatic carbocycles. The summed E-state index contributed by atoms with van der Waals surface area (Å²) in [5.41, 5.74) is 3.34. The van der Waals surface area contributed by atoms with Crippen molar-refractivity contribution in [3.05, 3.63) is 58.6 Å². The number of nitrogens with one attached hydrogen (secondary N) is 1. The molecule has 6 heteroatoms. The van der Waals surface area contributed by atoms with Gasteiger partial charge in [0, 0.05) is 11.6 Å². The van der Waals surface area contributed by atoms with Gasteiger partial charge in [-0.05, 0) is 24.3 Å². The maximum atomic E-state index is 11.9. The van der Waals surface area contributed by atoms with Crippen LogP contribution in [0, 0.1) is 0 Å². The Balaban J connectivity index is 2.09. The Hall–Kier alpha value is -2.53. The molecule has 0 bridgehead atoms. The second-order valence-electron chi connectivity index (χ2n) is 4.11. The van der Waals surface area contributed by atoms with E-state index >= 15 is 0 Å². The number of aromatic hydroxyl groups is 1. The summed E-state index contributed by atoms with van der Waals surface area (Å²) in [4.78, 5) is 11.9. The van der Waals surface area contributed by atoms with Gasteiger partial charge in [0.05, 0.1) is 23.9 Å². The van der Waals surface area contributed by atoms with Crippen molar-refractivity contribution in [3.8, 4) is 11.5 Å². The fraction of sp³-hybridized carbons (Fsp3) is 0.0667. The average molecular weight is 305 g/mol. The standard InChI is InChI=1S/C15H13ClN2O3/c1-21-14-8-11(19)7-6-10(14)9-17-18-15(20)12-4-2-3-5-13(12)16/h2-9,19H,1H3,(H,18,20)/b17-9+. The van der Waals surface area contributed by atoms with Crippen LogP contribution in [0.1, 0.15) is 15.9 Å². The number of hydrazone groups is 1. The lowest BCUT2D eigenvalue weighted by molar-refractivity contribution is 0.0955. The van der Waals surface area contributed by atoms with Crippen molar-refractivity contribution in [2.24, 2.45) is 5.10 Å². The summed E-state index contributed by atoms with van der Waals surface area (Å²) in [6, 6.07) is 11.3. The number of nitrogens with zero attached hydrogens (tertiary/aromatic N) is 1. The van der Waals surface area contributed by atoms with Crippen molar-refractivity contribution in [2.45, 2.75) is 0 Å². The number of halogens is 1. The number of phenols is 1. The molecule has 0 saturated carbocycles. The van der Waals surface area contributed by atoms with Crippen LogP contribution in [0.3, 0.4) is 0 Å². The molecule has 2 N–H and O–H groups in total. The molecule has 0 unspecified atom stereocenters. The molecule has 2 rings (SSSR count). The number of rotatable bonds is 4. The number of phenolic OH excluding ortho intramolecular Hbond substituents is 1. The summed E-state index contributed by atoms with van der Waals surface area (Å²) in [7, 11) is 1.48. The Morgan fingerprint density at radius 3 is 2.81 bits per heavy atom. The highest BCUT2D eigenvalue weighted by atomic mass is 35.5. The smallest absolute Gasteiger partial charge is 0.272 e. The molecule has 0 aliphatic heterocycles. The molecule has 21 heavy (non-hydrogen) atoms. The van der Waals surface area contributed by atoms with Crippen LogP contribution >= 0.6 is 11.6 Å². The fourth-order valence-corrected chi connectivity index (χ4v) is 1.89. The quantitative estimate of drug-likeness (QED) is 0.674. The first kappa shape index (κ1) is 14.9. The molecule has 0 fully saturated rings. The Labute approximate surface area is 126 Å². The number of carbonyl (C=O) groups is 1. The minimum atomic E-state index is -0.408. The molecule has 108 valence electrons. The number of ether oxygens (including phenoxy) is 1. The largest absolute Gasteiger partial charge is 0.508 e. The third kappa shape index (κ3) is 3.73. The summed E-state index contributed by atoms with van der Waals surface area (Å²) in [5.74, 6) is 0.129. The van der Waals surface area contributed by atoms with Crippen LogP contribution in [0.4, 0.5) is 0 Å². The Morgan fingerprint density at radius 2 is 2.10 bits per heavy atom. The fourth-order valence-electron chi connectivity index (χ4n) is 1.67. The predicted molar refractivity (Wildman–Crippen MR) is 81.2 cm³/mol. The molecule has 1 amide bonds. The van der Waals surface area contributed by atoms with Crippen molar-refractivity contribution in [2.75, 3.05) is 7.11 Å². The molecule has 0 spiro atoms. The lowest BCUT2D eigenvalue weighted by Gasteiger charge is -2.05. The van der Waals surface area contributed by atoms with Gasteiger partial charge in [-0.2, -0.15) is 5.10 Å². The van der Waals surface area contributed by atoms with Crippen molar-refractivity contribution in [1.82, 2.24) is 5.43 Å². The topological polar surface area (TPSA) is 70.9 Å². The minimum absolute atomic E-state index is 0.0871. The predicted octanol–water partition coefficient (Wildman–Crippen LogP) is 2.82. The number of hydrogen-bond acceptors (Lipinski definition) is 4. The van der Waals surface area contributed by atoms with E-state index in [0.717, 1.165) is 0 Å². The third-order valence-electron chi connectivity index (χ3n) is 2.71. The van der Waals surface area contributed by atoms with Crippen LogP contribution in [0.2, 0.25) is 5.02 Å². The maximum Gasteiger partial charge on any atom is 0.272 e. The highest BCUT2D eigenvalue weighted by Gasteiger charge is 2.08. The molecular formula is C15H13ClN2O3. The molecule has 2 aromatic rings. The van der Waals surface area contributed by atoms with Gasteiger partial charge in [-0.25, -0.2) is 5.43 Å². The summed E-state index contributed by atoms with van der Waals surface area (Å²) >= 11 is 5.92. The van der Waals surface area contributed by atoms with E-state index in [-0.39, 0.29) is 5.75 Å². The van der Waals surface area contributed by atoms with Crippen molar-refractivity contribution < 1.29 is 14.6 Å². The van der Waals surface area contributed by atoms with Crippen molar-refractivity contribution in [3.63, 3.8) is 0 Å². The van der Waals surface area contributed by atoms with E-state index in [2.05, 4.69) is 10.5 Å². The van der Waals surface area contributed by atoms with E-state index < -0.39 is 5.91 Å². The zero-order valence-corrected chi connectivity index (χ0v) is 12.0. The Bertz CT molecular complexity index is 686. The van der Waals surface area contributed by atoms with E-state index in [1.807, 2.05) is 0 Å². The molecule has 5 nitrogen and oxygen atoms in total. The minimum Gasteiger partial charge on any atom is -0.508 e. The van der Waals surface area contributed by atoms with Gasteiger partial charge >= 0.3 is 0 Å². The average Bonchev–Trinajstić information content (AvgIpc) is 2.49. The first-order chi connectivity index (χ1) is 10.1. The monoisotopic (exact) mass is 304 g/mol. The SMILES string of the molecule is COc1cc(O)ccc1/C=N/NC(=O)c1ccccc1Cl. The second-order valence-corrected chi connectivity index (χ2v) is 4.51. The Kier molecular flexibility index (Phi) is 4.79. The van der Waals surface area contributed by atoms with Gasteiger partial charge in [0.1, 0.15) is 11.5 Å². The molecule has 0 aliphatic carbocycles. The zero-order chi connectivity index (χ0) is 15.2. The van der Waals surface area contributed by atoms with Crippen LogP contribution in [-0.2, 0) is 0 Å². The van der Waals surface area contributed by atoms with Crippen molar-refractivity contribution in [1.29, 1.82) is 0 Å². The van der Waals surface area contributed by atoms with E-state index in [1.165, 1.54) is 25.5 Å². The van der Waals surface area contributed by atoms with E-state index in [4.69, 9.17) is 16.3 Å². The molecule has 0 atom stereocenters. The summed E-state index contributed by atoms with van der Waals surface area (Å²) in [5, 5.41) is 13.6. The highest BCUT2D eigenvalue weighted by Crippen LogP contribution is 2.22. The van der Waals surface area contributed by atoms with Gasteiger partial charge < -0.3 is 9.84 Å². The van der Waals surface area contributed by atoms with Crippen LogP contribution in [0.25, 0.3) is 0 Å². The van der Waals surface area contributed by atoms with Gasteiger partial charge in [-0.3, -0.25) is 4.79 Å². The summed E-state index contributed by atoms with van der Waals surface area (Å²) < 4.78 is 5.10. The molecule has 0 saturated heterocycles. The van der Waals surface area contributed by atoms with Crippen LogP contribution in [0.15, 0.2) is 47.6 Å². The number of carbonyl (C=O) groups excluding carboxylic acids is 1. The normalized spacial score (nSPS) is 10.6. The number of amides is 1. The molecule has 0 radical (unpaired) electrons. The maximum absolute atomic E-state index is 11.9. The molecular weight excluding hydrogens is 292 g/mol. The van der Waals surface area contributed by atoms with Gasteiger partial charge in [0.2, 0.25) is 0 Å². The molecule has 0 heterocycles. The van der Waals surface area contributed by atoms with Gasteiger partial charge in [-0.1, -0.05) is 23.7 Å². The zero-order valence-electron chi connectivity index (χ0n) is 11.2. The van der Waals surface area contributed by atoms with Gasteiger partial charge in [0.15, 0.2) is 0 Å². The summed E-state index contributed by atoms with van der Waals surface area (Å²) in [6.07, 6.45) is 1.42. The van der Waals surface area contributed by atoms with Gasteiger partial charge in [-0.15, -0.1) is 0 Å². The lowest BCUT2D eigenvalue weighted by Crippen LogP contribution is -2.18. The van der Waals surface area contributed by atoms with Crippen LogP contribution in [-0.4, -0.2) is 24.3 Å². The van der Waals surface area contributed by atoms with E-state index in [0.29, 0.717) is 21.9 Å². The van der Waals surface area contributed by atoms with Crippen LogP contribution in [0.5, 0.6) is 11.5 Å². The van der Waals surface area contributed by atoms with Crippen molar-refractivity contribution >= 4 is 23.7 Å². The first-order valence-electron chi connectivity index (χ1n) is 6.06. The third-order valence-corrected chi connectivity index (χ3v) is 3.03.